The molecule has 5 rings (SSSR count). The molecular weight excluding hydrogens is 635 g/mol. The average Bonchev–Trinajstić information content (AvgIpc) is 3.53. The fourth-order valence-corrected chi connectivity index (χ4v) is 7.55. The molecule has 262 valence electrons. The molecule has 1 fully saturated rings. The van der Waals surface area contributed by atoms with Crippen LogP contribution in [0.15, 0.2) is 102 Å². The van der Waals surface area contributed by atoms with Crippen molar-refractivity contribution in [3.8, 4) is 0 Å². The van der Waals surface area contributed by atoms with E-state index in [4.69, 9.17) is 24.7 Å². The van der Waals surface area contributed by atoms with Crippen LogP contribution >= 0.6 is 11.8 Å². The number of benzene rings is 3. The second-order valence-corrected chi connectivity index (χ2v) is 13.7. The Morgan fingerprint density at radius 3 is 2.06 bits per heavy atom. The maximum absolute atomic E-state index is 13.5. The van der Waals surface area contributed by atoms with E-state index in [0.29, 0.717) is 18.7 Å². The highest BCUT2D eigenvalue weighted by Crippen LogP contribution is 2.42. The molecule has 0 aliphatic carbocycles. The minimum atomic E-state index is -0.922. The summed E-state index contributed by atoms with van der Waals surface area (Å²) in [5.74, 6) is 2.80. The van der Waals surface area contributed by atoms with Gasteiger partial charge >= 0.3 is 0 Å². The molecule has 2 N–H and O–H groups in total. The lowest BCUT2D eigenvalue weighted by atomic mass is 9.80. The van der Waals surface area contributed by atoms with Gasteiger partial charge in [-0.3, -0.25) is 9.36 Å². The van der Waals surface area contributed by atoms with E-state index in [1.807, 2.05) is 66.4 Å². The van der Waals surface area contributed by atoms with Crippen molar-refractivity contribution in [2.45, 2.75) is 82.3 Å². The standard InChI is InChI=1S/C40H51N3O5S/c1-3-4-5-6-7-17-25-49-26-24-37-42-36(41)28-38(44)43(37)39-27-34(46-30-45-2)35(48-39)29-47-40(31-18-11-8-12-19-31,32-20-13-9-14-21-32)33-22-15-10-16-23-33/h8-16,18-23,28,34-35,39H,3-7,17,24-27,29-30,41H2,1-2H3/t34-,35+,39+/m0/s1. The first-order valence-electron chi connectivity index (χ1n) is 17.6. The molecule has 0 saturated carbocycles. The number of aromatic nitrogens is 2. The minimum absolute atomic E-state index is 0.0925. The van der Waals surface area contributed by atoms with Crippen LogP contribution in [0, 0.1) is 0 Å². The Bertz CT molecular complexity index is 1490. The number of methoxy groups -OCH3 is 1. The quantitative estimate of drug-likeness (QED) is 0.0573. The molecule has 0 amide bonds. The Kier molecular flexibility index (Phi) is 14.3. The van der Waals surface area contributed by atoms with Gasteiger partial charge < -0.3 is 24.7 Å². The van der Waals surface area contributed by atoms with Crippen LogP contribution in [0.2, 0.25) is 0 Å². The SMILES string of the molecule is CCCCCCCCSCCc1nc(N)cc(=O)n1[C@H]1C[C@H](OCOC)[C@@H](COC(c2ccccc2)(c2ccccc2)c2ccccc2)O1. The third kappa shape index (κ3) is 9.61. The molecule has 4 aromatic rings. The Morgan fingerprint density at radius 1 is 0.878 bits per heavy atom. The van der Waals surface area contributed by atoms with Crippen molar-refractivity contribution in [3.05, 3.63) is 130 Å². The van der Waals surface area contributed by atoms with Crippen LogP contribution in [-0.4, -0.2) is 53.8 Å². The van der Waals surface area contributed by atoms with Gasteiger partial charge in [-0.25, -0.2) is 4.98 Å². The summed E-state index contributed by atoms with van der Waals surface area (Å²) in [4.78, 5) is 18.1. The van der Waals surface area contributed by atoms with Crippen LogP contribution in [0.3, 0.4) is 0 Å². The molecule has 9 heteroatoms. The van der Waals surface area contributed by atoms with Gasteiger partial charge in [0.15, 0.2) is 0 Å². The smallest absolute Gasteiger partial charge is 0.257 e. The molecule has 0 spiro atoms. The van der Waals surface area contributed by atoms with Gasteiger partial charge in [-0.15, -0.1) is 0 Å². The number of ether oxygens (including phenoxy) is 4. The number of aryl methyl sites for hydroxylation is 1. The third-order valence-electron chi connectivity index (χ3n) is 9.03. The van der Waals surface area contributed by atoms with Gasteiger partial charge in [0.1, 0.15) is 36.4 Å². The van der Waals surface area contributed by atoms with Crippen molar-refractivity contribution >= 4 is 17.6 Å². The topological polar surface area (TPSA) is 97.8 Å². The molecule has 1 aromatic heterocycles. The molecule has 1 aliphatic heterocycles. The zero-order valence-corrected chi connectivity index (χ0v) is 29.7. The molecule has 0 unspecified atom stereocenters. The maximum Gasteiger partial charge on any atom is 0.257 e. The van der Waals surface area contributed by atoms with Crippen molar-refractivity contribution in [1.29, 1.82) is 0 Å². The maximum atomic E-state index is 13.5. The molecule has 0 bridgehead atoms. The van der Waals surface area contributed by atoms with E-state index in [1.165, 1.54) is 44.6 Å². The van der Waals surface area contributed by atoms with Crippen LogP contribution in [0.1, 0.15) is 80.6 Å². The Balaban J connectivity index is 1.37. The zero-order valence-electron chi connectivity index (χ0n) is 28.9. The molecule has 1 aliphatic rings. The molecule has 49 heavy (non-hydrogen) atoms. The first-order valence-corrected chi connectivity index (χ1v) is 18.7. The number of thioether (sulfide) groups is 1. The van der Waals surface area contributed by atoms with E-state index in [9.17, 15) is 4.79 Å². The number of unbranched alkanes of at least 4 members (excludes halogenated alkanes) is 5. The Morgan fingerprint density at radius 2 is 1.47 bits per heavy atom. The molecular formula is C40H51N3O5S. The van der Waals surface area contributed by atoms with E-state index < -0.39 is 17.9 Å². The third-order valence-corrected chi connectivity index (χ3v) is 10.1. The van der Waals surface area contributed by atoms with Crippen LogP contribution < -0.4 is 11.3 Å². The molecule has 3 aromatic carbocycles. The van der Waals surface area contributed by atoms with Crippen molar-refractivity contribution in [1.82, 2.24) is 9.55 Å². The number of rotatable bonds is 20. The number of anilines is 1. The highest BCUT2D eigenvalue weighted by molar-refractivity contribution is 7.99. The number of nitrogen functional groups attached to an aromatic ring is 1. The summed E-state index contributed by atoms with van der Waals surface area (Å²) < 4.78 is 26.9. The lowest BCUT2D eigenvalue weighted by Crippen LogP contribution is -2.38. The second-order valence-electron chi connectivity index (χ2n) is 12.5. The van der Waals surface area contributed by atoms with Gasteiger partial charge in [0.2, 0.25) is 0 Å². The summed E-state index contributed by atoms with van der Waals surface area (Å²) in [6.45, 7) is 2.53. The fourth-order valence-electron chi connectivity index (χ4n) is 6.61. The Hall–Kier alpha value is -3.47. The largest absolute Gasteiger partial charge is 0.383 e. The van der Waals surface area contributed by atoms with Gasteiger partial charge in [-0.2, -0.15) is 11.8 Å². The fraction of sp³-hybridized carbons (Fsp3) is 0.450. The second kappa shape index (κ2) is 19.1. The molecule has 0 radical (unpaired) electrons. The average molecular weight is 686 g/mol. The van der Waals surface area contributed by atoms with Crippen LogP contribution in [-0.2, 0) is 31.0 Å². The summed E-state index contributed by atoms with van der Waals surface area (Å²) in [5.41, 5.74) is 7.92. The van der Waals surface area contributed by atoms with Gasteiger partial charge in [0.25, 0.3) is 5.56 Å². The van der Waals surface area contributed by atoms with Crippen molar-refractivity contribution in [2.24, 2.45) is 0 Å². The predicted octanol–water partition coefficient (Wildman–Crippen LogP) is 7.75. The Labute approximate surface area is 295 Å². The van der Waals surface area contributed by atoms with Gasteiger partial charge in [-0.05, 0) is 28.9 Å². The van der Waals surface area contributed by atoms with Gasteiger partial charge in [0, 0.05) is 31.8 Å². The van der Waals surface area contributed by atoms with Crippen molar-refractivity contribution in [2.75, 3.05) is 37.7 Å². The summed E-state index contributed by atoms with van der Waals surface area (Å²) >= 11 is 1.89. The summed E-state index contributed by atoms with van der Waals surface area (Å²) in [7, 11) is 1.60. The van der Waals surface area contributed by atoms with Crippen molar-refractivity contribution < 1.29 is 18.9 Å². The summed E-state index contributed by atoms with van der Waals surface area (Å²) in [6.07, 6.45) is 7.24. The van der Waals surface area contributed by atoms with E-state index in [1.54, 1.807) is 11.7 Å². The number of nitrogens with zero attached hydrogens (tertiary/aromatic N) is 2. The number of hydrogen-bond acceptors (Lipinski definition) is 8. The highest BCUT2D eigenvalue weighted by Gasteiger charge is 2.43. The first-order chi connectivity index (χ1) is 24.1. The predicted molar refractivity (Wildman–Crippen MR) is 198 cm³/mol. The summed E-state index contributed by atoms with van der Waals surface area (Å²) in [5, 5.41) is 0. The number of hydrogen-bond donors (Lipinski definition) is 1. The molecule has 3 atom stereocenters. The monoisotopic (exact) mass is 685 g/mol. The number of nitrogens with two attached hydrogens (primary N) is 1. The normalized spacial score (nSPS) is 17.8. The van der Waals surface area contributed by atoms with Gasteiger partial charge in [0.05, 0.1) is 12.7 Å². The first kappa shape index (κ1) is 36.8. The van der Waals surface area contributed by atoms with Crippen molar-refractivity contribution in [3.63, 3.8) is 0 Å². The van der Waals surface area contributed by atoms with Crippen LogP contribution in [0.4, 0.5) is 5.82 Å². The molecule has 1 saturated heterocycles. The van der Waals surface area contributed by atoms with E-state index in [0.717, 1.165) is 28.2 Å². The lowest BCUT2D eigenvalue weighted by molar-refractivity contribution is -0.129. The lowest BCUT2D eigenvalue weighted by Gasteiger charge is -2.37. The highest BCUT2D eigenvalue weighted by atomic mass is 32.2. The molecule has 8 nitrogen and oxygen atoms in total. The van der Waals surface area contributed by atoms with Crippen LogP contribution in [0.5, 0.6) is 0 Å². The minimum Gasteiger partial charge on any atom is -0.383 e. The van der Waals surface area contributed by atoms with E-state index in [2.05, 4.69) is 48.3 Å². The van der Waals surface area contributed by atoms with E-state index in [-0.39, 0.29) is 30.9 Å². The van der Waals surface area contributed by atoms with Gasteiger partial charge in [-0.1, -0.05) is 130 Å². The molecule has 2 heterocycles. The van der Waals surface area contributed by atoms with Crippen LogP contribution in [0.25, 0.3) is 0 Å². The van der Waals surface area contributed by atoms with E-state index >= 15 is 0 Å². The summed E-state index contributed by atoms with van der Waals surface area (Å²) in [6, 6.07) is 32.1. The zero-order chi connectivity index (χ0) is 34.3.